The van der Waals surface area contributed by atoms with Crippen LogP contribution in [-0.4, -0.2) is 36.9 Å². The fourth-order valence-electron chi connectivity index (χ4n) is 3.11. The zero-order chi connectivity index (χ0) is 17.1. The van der Waals surface area contributed by atoms with Crippen molar-refractivity contribution < 1.29 is 23.9 Å². The normalized spacial score (nSPS) is 17.4. The lowest BCUT2D eigenvalue weighted by atomic mass is 10.1. The monoisotopic (exact) mass is 331 g/mol. The van der Waals surface area contributed by atoms with Gasteiger partial charge in [-0.2, -0.15) is 0 Å². The summed E-state index contributed by atoms with van der Waals surface area (Å²) in [7, 11) is 0. The first-order chi connectivity index (χ1) is 11.6. The molecule has 1 saturated carbocycles. The average molecular weight is 331 g/mol. The Bertz CT molecular complexity index is 663. The molecule has 6 nitrogen and oxygen atoms in total. The Balaban J connectivity index is 1.78. The molecule has 1 aromatic carbocycles. The smallest absolute Gasteiger partial charge is 0.326 e. The van der Waals surface area contributed by atoms with E-state index in [2.05, 4.69) is 0 Å². The molecule has 1 amide bonds. The summed E-state index contributed by atoms with van der Waals surface area (Å²) in [5, 5.41) is 0. The van der Waals surface area contributed by atoms with Gasteiger partial charge in [0.05, 0.1) is 5.69 Å². The number of rotatable bonds is 5. The third-order valence-electron chi connectivity index (χ3n) is 4.43. The van der Waals surface area contributed by atoms with Crippen LogP contribution in [0.15, 0.2) is 18.2 Å². The Morgan fingerprint density at radius 1 is 1.29 bits per heavy atom. The van der Waals surface area contributed by atoms with Crippen molar-refractivity contribution in [2.45, 2.75) is 45.1 Å². The molecular weight excluding hydrogens is 310 g/mol. The number of Topliss-reactive ketones (excluding diaryl/α,β-unsaturated/α-hetero) is 1. The largest absolute Gasteiger partial charge is 0.482 e. The van der Waals surface area contributed by atoms with E-state index >= 15 is 0 Å². The van der Waals surface area contributed by atoms with Crippen molar-refractivity contribution in [3.63, 3.8) is 0 Å². The zero-order valence-corrected chi connectivity index (χ0v) is 13.7. The summed E-state index contributed by atoms with van der Waals surface area (Å²) in [6, 6.07) is 4.95. The molecule has 24 heavy (non-hydrogen) atoms. The molecule has 1 heterocycles. The third kappa shape index (κ3) is 3.42. The Morgan fingerprint density at radius 3 is 2.75 bits per heavy atom. The van der Waals surface area contributed by atoms with Crippen LogP contribution in [0.25, 0.3) is 0 Å². The van der Waals surface area contributed by atoms with Gasteiger partial charge in [-0.1, -0.05) is 6.92 Å². The van der Waals surface area contributed by atoms with Gasteiger partial charge < -0.3 is 9.47 Å². The predicted molar refractivity (Wildman–Crippen MR) is 87.3 cm³/mol. The number of nitrogens with zero attached hydrogens (tertiary/aromatic N) is 1. The van der Waals surface area contributed by atoms with Gasteiger partial charge in [-0.25, -0.2) is 0 Å². The van der Waals surface area contributed by atoms with Crippen molar-refractivity contribution in [2.24, 2.45) is 0 Å². The van der Waals surface area contributed by atoms with E-state index in [1.807, 2.05) is 0 Å². The van der Waals surface area contributed by atoms with Crippen molar-refractivity contribution in [3.05, 3.63) is 23.8 Å². The van der Waals surface area contributed by atoms with Crippen LogP contribution < -0.4 is 9.64 Å². The maximum atomic E-state index is 12.2. The molecule has 0 spiro atoms. The van der Waals surface area contributed by atoms with Crippen LogP contribution in [0.2, 0.25) is 0 Å². The van der Waals surface area contributed by atoms with E-state index < -0.39 is 5.97 Å². The molecule has 0 radical (unpaired) electrons. The number of hydrogen-bond donors (Lipinski definition) is 0. The Hall–Kier alpha value is -2.37. The van der Waals surface area contributed by atoms with Gasteiger partial charge in [-0.15, -0.1) is 0 Å². The number of amides is 1. The summed E-state index contributed by atoms with van der Waals surface area (Å²) in [6.07, 6.45) is 4.24. The van der Waals surface area contributed by atoms with Crippen LogP contribution in [0.1, 0.15) is 49.4 Å². The van der Waals surface area contributed by atoms with E-state index in [1.54, 1.807) is 25.1 Å². The van der Waals surface area contributed by atoms with E-state index in [9.17, 15) is 14.4 Å². The minimum atomic E-state index is -0.421. The fraction of sp³-hybridized carbons (Fsp3) is 0.500. The molecule has 0 bridgehead atoms. The van der Waals surface area contributed by atoms with Crippen LogP contribution in [0.5, 0.6) is 5.75 Å². The van der Waals surface area contributed by atoms with Crippen molar-refractivity contribution in [3.8, 4) is 5.75 Å². The lowest BCUT2D eigenvalue weighted by Gasteiger charge is -2.29. The number of esters is 1. The lowest BCUT2D eigenvalue weighted by molar-refractivity contribution is -0.147. The van der Waals surface area contributed by atoms with E-state index in [0.717, 1.165) is 25.7 Å². The van der Waals surface area contributed by atoms with Crippen LogP contribution in [0.4, 0.5) is 5.69 Å². The van der Waals surface area contributed by atoms with Gasteiger partial charge in [0.25, 0.3) is 5.91 Å². The highest BCUT2D eigenvalue weighted by Gasteiger charge is 2.30. The number of hydrogen-bond acceptors (Lipinski definition) is 5. The second-order valence-electron chi connectivity index (χ2n) is 6.12. The molecule has 6 heteroatoms. The summed E-state index contributed by atoms with van der Waals surface area (Å²) < 4.78 is 10.8. The topological polar surface area (TPSA) is 72.9 Å². The zero-order valence-electron chi connectivity index (χ0n) is 13.7. The first-order valence-corrected chi connectivity index (χ1v) is 8.38. The van der Waals surface area contributed by atoms with Gasteiger partial charge in [0, 0.05) is 12.0 Å². The number of fused-ring (bicyclic) bond motifs is 1. The average Bonchev–Trinajstić information content (AvgIpc) is 3.09. The molecule has 1 aromatic rings. The molecule has 0 saturated heterocycles. The highest BCUT2D eigenvalue weighted by molar-refractivity contribution is 6.04. The highest BCUT2D eigenvalue weighted by Crippen LogP contribution is 2.33. The summed E-state index contributed by atoms with van der Waals surface area (Å²) in [5.74, 6) is -0.262. The molecule has 2 aliphatic rings. The Kier molecular flexibility index (Phi) is 4.83. The SMILES string of the molecule is CCC(=O)c1ccc2c(c1)N(CC(=O)OC1CCCC1)C(=O)CO2. The van der Waals surface area contributed by atoms with Gasteiger partial charge in [0.15, 0.2) is 12.4 Å². The van der Waals surface area contributed by atoms with Gasteiger partial charge in [0.1, 0.15) is 18.4 Å². The first kappa shape index (κ1) is 16.5. The van der Waals surface area contributed by atoms with E-state index in [-0.39, 0.29) is 30.9 Å². The van der Waals surface area contributed by atoms with Crippen molar-refractivity contribution >= 4 is 23.3 Å². The van der Waals surface area contributed by atoms with E-state index in [1.165, 1.54) is 4.90 Å². The number of ether oxygens (including phenoxy) is 2. The number of carbonyl (C=O) groups excluding carboxylic acids is 3. The van der Waals surface area contributed by atoms with Gasteiger partial charge >= 0.3 is 5.97 Å². The predicted octanol–water partition coefficient (Wildman–Crippen LogP) is 2.49. The van der Waals surface area contributed by atoms with Crippen molar-refractivity contribution in [1.29, 1.82) is 0 Å². The maximum absolute atomic E-state index is 12.2. The van der Waals surface area contributed by atoms with Gasteiger partial charge in [-0.05, 0) is 43.9 Å². The summed E-state index contributed by atoms with van der Waals surface area (Å²) in [4.78, 5) is 37.6. The van der Waals surface area contributed by atoms with Gasteiger partial charge in [-0.3, -0.25) is 19.3 Å². The number of carbonyl (C=O) groups is 3. The third-order valence-corrected chi connectivity index (χ3v) is 4.43. The summed E-state index contributed by atoms with van der Waals surface area (Å²) in [6.45, 7) is 1.50. The minimum absolute atomic E-state index is 0.0238. The van der Waals surface area contributed by atoms with Crippen LogP contribution in [0, 0.1) is 0 Å². The standard InChI is InChI=1S/C18H21NO5/c1-2-15(20)12-7-8-16-14(9-12)19(17(21)11-23-16)10-18(22)24-13-5-3-4-6-13/h7-9,13H,2-6,10-11H2,1H3. The van der Waals surface area contributed by atoms with Crippen LogP contribution in [-0.2, 0) is 14.3 Å². The van der Waals surface area contributed by atoms with E-state index in [4.69, 9.17) is 9.47 Å². The molecule has 3 rings (SSSR count). The molecule has 0 aromatic heterocycles. The van der Waals surface area contributed by atoms with Crippen LogP contribution in [0.3, 0.4) is 0 Å². The highest BCUT2D eigenvalue weighted by atomic mass is 16.5. The Morgan fingerprint density at radius 2 is 2.04 bits per heavy atom. The molecule has 1 aliphatic heterocycles. The van der Waals surface area contributed by atoms with Crippen molar-refractivity contribution in [2.75, 3.05) is 18.1 Å². The quantitative estimate of drug-likeness (QED) is 0.612. The van der Waals surface area contributed by atoms with Gasteiger partial charge in [0.2, 0.25) is 0 Å². The molecule has 1 fully saturated rings. The molecule has 0 unspecified atom stereocenters. The summed E-state index contributed by atoms with van der Waals surface area (Å²) >= 11 is 0. The Labute approximate surface area is 140 Å². The number of anilines is 1. The summed E-state index contributed by atoms with van der Waals surface area (Å²) in [5.41, 5.74) is 0.956. The first-order valence-electron chi connectivity index (χ1n) is 8.38. The van der Waals surface area contributed by atoms with Crippen molar-refractivity contribution in [1.82, 2.24) is 0 Å². The molecule has 0 atom stereocenters. The van der Waals surface area contributed by atoms with Crippen LogP contribution >= 0.6 is 0 Å². The molecular formula is C18H21NO5. The lowest BCUT2D eigenvalue weighted by Crippen LogP contribution is -2.43. The number of benzene rings is 1. The molecule has 128 valence electrons. The minimum Gasteiger partial charge on any atom is -0.482 e. The number of ketones is 1. The maximum Gasteiger partial charge on any atom is 0.326 e. The molecule has 0 N–H and O–H groups in total. The second kappa shape index (κ2) is 7.03. The fourth-order valence-corrected chi connectivity index (χ4v) is 3.11. The molecule has 1 aliphatic carbocycles. The second-order valence-corrected chi connectivity index (χ2v) is 6.12. The van der Waals surface area contributed by atoms with E-state index in [0.29, 0.717) is 23.4 Å².